The van der Waals surface area contributed by atoms with E-state index in [0.29, 0.717) is 5.56 Å². The lowest BCUT2D eigenvalue weighted by Crippen LogP contribution is -1.91. The van der Waals surface area contributed by atoms with Crippen molar-refractivity contribution in [3.05, 3.63) is 96.1 Å². The fraction of sp³-hybridized carbons (Fsp3) is 0.0400. The minimum Gasteiger partial charge on any atom is -0.507 e. The van der Waals surface area contributed by atoms with Crippen LogP contribution in [0.1, 0.15) is 11.1 Å². The Bertz CT molecular complexity index is 1160. The Balaban J connectivity index is 1.74. The maximum atomic E-state index is 11.1. The number of hydrogen-bond donors (Lipinski definition) is 2. The van der Waals surface area contributed by atoms with Gasteiger partial charge in [0.15, 0.2) is 0 Å². The fourth-order valence-electron chi connectivity index (χ4n) is 4.09. The Kier molecular flexibility index (Phi) is 3.51. The standard InChI is InChI=1S/C25H18O2/c26-23-14-13-19(16-7-2-1-3-8-16)25(27)24(23)21-12-6-11-20-18-10-5-4-9-17(18)15-22(20)21/h1-14,26-27H,15H2. The van der Waals surface area contributed by atoms with Crippen molar-refractivity contribution >= 4 is 0 Å². The molecule has 0 amide bonds. The van der Waals surface area contributed by atoms with Crippen LogP contribution < -0.4 is 0 Å². The van der Waals surface area contributed by atoms with E-state index < -0.39 is 0 Å². The van der Waals surface area contributed by atoms with Crippen molar-refractivity contribution < 1.29 is 10.2 Å². The van der Waals surface area contributed by atoms with Crippen LogP contribution >= 0.6 is 0 Å². The molecule has 0 aromatic heterocycles. The second-order valence-corrected chi connectivity index (χ2v) is 6.89. The van der Waals surface area contributed by atoms with Gasteiger partial charge in [-0.1, -0.05) is 72.8 Å². The molecule has 0 heterocycles. The molecule has 1 aliphatic rings. The summed E-state index contributed by atoms with van der Waals surface area (Å²) in [7, 11) is 0. The highest BCUT2D eigenvalue weighted by Crippen LogP contribution is 2.48. The predicted octanol–water partition coefficient (Wildman–Crippen LogP) is 6.00. The number of benzene rings is 4. The molecule has 0 aliphatic heterocycles. The molecule has 0 atom stereocenters. The summed E-state index contributed by atoms with van der Waals surface area (Å²) in [6, 6.07) is 27.6. The molecule has 0 radical (unpaired) electrons. The highest BCUT2D eigenvalue weighted by atomic mass is 16.3. The van der Waals surface area contributed by atoms with Gasteiger partial charge < -0.3 is 10.2 Å². The lowest BCUT2D eigenvalue weighted by atomic mass is 9.91. The second kappa shape index (κ2) is 6.03. The molecule has 4 aromatic rings. The van der Waals surface area contributed by atoms with E-state index in [-0.39, 0.29) is 11.5 Å². The number of fused-ring (bicyclic) bond motifs is 3. The zero-order valence-electron chi connectivity index (χ0n) is 14.7. The van der Waals surface area contributed by atoms with Gasteiger partial charge in [-0.3, -0.25) is 0 Å². The van der Waals surface area contributed by atoms with Crippen LogP contribution in [0.4, 0.5) is 0 Å². The van der Waals surface area contributed by atoms with E-state index in [4.69, 9.17) is 0 Å². The second-order valence-electron chi connectivity index (χ2n) is 6.89. The normalized spacial score (nSPS) is 11.9. The van der Waals surface area contributed by atoms with Gasteiger partial charge in [0.05, 0.1) is 5.56 Å². The van der Waals surface area contributed by atoms with Crippen LogP contribution in [0.5, 0.6) is 11.5 Å². The third kappa shape index (κ3) is 2.42. The first kappa shape index (κ1) is 15.7. The van der Waals surface area contributed by atoms with Crippen LogP contribution in [0.3, 0.4) is 0 Å². The summed E-state index contributed by atoms with van der Waals surface area (Å²) >= 11 is 0. The van der Waals surface area contributed by atoms with Crippen LogP contribution in [-0.2, 0) is 6.42 Å². The zero-order chi connectivity index (χ0) is 18.4. The average Bonchev–Trinajstić information content (AvgIpc) is 3.08. The Hall–Kier alpha value is -3.52. The molecule has 2 N–H and O–H groups in total. The molecule has 27 heavy (non-hydrogen) atoms. The van der Waals surface area contributed by atoms with Crippen LogP contribution in [0, 0.1) is 0 Å². The third-order valence-corrected chi connectivity index (χ3v) is 5.36. The van der Waals surface area contributed by atoms with Crippen molar-refractivity contribution in [2.75, 3.05) is 0 Å². The van der Waals surface area contributed by atoms with Crippen LogP contribution in [0.2, 0.25) is 0 Å². The molecule has 0 saturated heterocycles. The lowest BCUT2D eigenvalue weighted by molar-refractivity contribution is 0.455. The molecule has 4 aromatic carbocycles. The largest absolute Gasteiger partial charge is 0.507 e. The molecule has 130 valence electrons. The highest BCUT2D eigenvalue weighted by Gasteiger charge is 2.24. The number of hydrogen-bond acceptors (Lipinski definition) is 2. The van der Waals surface area contributed by atoms with Gasteiger partial charge in [0.1, 0.15) is 11.5 Å². The first-order valence-corrected chi connectivity index (χ1v) is 9.05. The molecule has 2 nitrogen and oxygen atoms in total. The number of phenolic OH excluding ortho intramolecular Hbond substituents is 2. The summed E-state index contributed by atoms with van der Waals surface area (Å²) in [5.74, 6) is 0.210. The molecule has 1 aliphatic carbocycles. The van der Waals surface area contributed by atoms with E-state index in [9.17, 15) is 10.2 Å². The molecular weight excluding hydrogens is 332 g/mol. The Morgan fingerprint density at radius 2 is 1.26 bits per heavy atom. The maximum Gasteiger partial charge on any atom is 0.134 e. The average molecular weight is 350 g/mol. The van der Waals surface area contributed by atoms with Crippen LogP contribution in [0.25, 0.3) is 33.4 Å². The SMILES string of the molecule is Oc1ccc(-c2ccccc2)c(O)c1-c1cccc2c1Cc1ccccc1-2. The Morgan fingerprint density at radius 1 is 0.556 bits per heavy atom. The van der Waals surface area contributed by atoms with Crippen molar-refractivity contribution in [2.45, 2.75) is 6.42 Å². The Labute approximate surface area is 158 Å². The van der Waals surface area contributed by atoms with Gasteiger partial charge in [0.25, 0.3) is 0 Å². The molecule has 0 spiro atoms. The Morgan fingerprint density at radius 3 is 2.11 bits per heavy atom. The van der Waals surface area contributed by atoms with Crippen LogP contribution in [-0.4, -0.2) is 10.2 Å². The van der Waals surface area contributed by atoms with Crippen molar-refractivity contribution in [3.63, 3.8) is 0 Å². The fourth-order valence-corrected chi connectivity index (χ4v) is 4.09. The minimum atomic E-state index is 0.0940. The summed E-state index contributed by atoms with van der Waals surface area (Å²) in [6.07, 6.45) is 0.802. The summed E-state index contributed by atoms with van der Waals surface area (Å²) in [5.41, 5.74) is 7.85. The van der Waals surface area contributed by atoms with E-state index in [0.717, 1.165) is 28.7 Å². The van der Waals surface area contributed by atoms with Crippen molar-refractivity contribution in [3.8, 4) is 44.9 Å². The van der Waals surface area contributed by atoms with Gasteiger partial charge in [0, 0.05) is 5.56 Å². The lowest BCUT2D eigenvalue weighted by Gasteiger charge is -2.15. The maximum absolute atomic E-state index is 11.1. The smallest absolute Gasteiger partial charge is 0.134 e. The van der Waals surface area contributed by atoms with E-state index >= 15 is 0 Å². The number of phenols is 2. The molecule has 0 fully saturated rings. The molecular formula is C25H18O2. The zero-order valence-corrected chi connectivity index (χ0v) is 14.7. The highest BCUT2D eigenvalue weighted by molar-refractivity contribution is 5.91. The van der Waals surface area contributed by atoms with Gasteiger partial charge in [-0.15, -0.1) is 0 Å². The predicted molar refractivity (Wildman–Crippen MR) is 109 cm³/mol. The molecule has 0 saturated carbocycles. The van der Waals surface area contributed by atoms with Crippen molar-refractivity contribution in [2.24, 2.45) is 0 Å². The van der Waals surface area contributed by atoms with E-state index in [1.54, 1.807) is 12.1 Å². The van der Waals surface area contributed by atoms with E-state index in [1.807, 2.05) is 48.5 Å². The quantitative estimate of drug-likeness (QED) is 0.410. The summed E-state index contributed by atoms with van der Waals surface area (Å²) < 4.78 is 0. The topological polar surface area (TPSA) is 40.5 Å². The van der Waals surface area contributed by atoms with Gasteiger partial charge in [-0.2, -0.15) is 0 Å². The third-order valence-electron chi connectivity index (χ3n) is 5.36. The van der Waals surface area contributed by atoms with Gasteiger partial charge in [-0.05, 0) is 51.9 Å². The molecule has 0 bridgehead atoms. The van der Waals surface area contributed by atoms with Crippen molar-refractivity contribution in [1.29, 1.82) is 0 Å². The van der Waals surface area contributed by atoms with Crippen LogP contribution in [0.15, 0.2) is 84.9 Å². The van der Waals surface area contributed by atoms with Crippen molar-refractivity contribution in [1.82, 2.24) is 0 Å². The monoisotopic (exact) mass is 350 g/mol. The summed E-state index contributed by atoms with van der Waals surface area (Å²) in [4.78, 5) is 0. The first-order valence-electron chi connectivity index (χ1n) is 9.05. The molecule has 0 unspecified atom stereocenters. The minimum absolute atomic E-state index is 0.0940. The van der Waals surface area contributed by atoms with Gasteiger partial charge in [-0.25, -0.2) is 0 Å². The number of aromatic hydroxyl groups is 2. The van der Waals surface area contributed by atoms with E-state index in [1.165, 1.54) is 16.7 Å². The summed E-state index contributed by atoms with van der Waals surface area (Å²) in [6.45, 7) is 0. The molecule has 5 rings (SSSR count). The summed E-state index contributed by atoms with van der Waals surface area (Å²) in [5, 5.41) is 21.7. The van der Waals surface area contributed by atoms with Gasteiger partial charge >= 0.3 is 0 Å². The van der Waals surface area contributed by atoms with Gasteiger partial charge in [0.2, 0.25) is 0 Å². The molecule has 2 heteroatoms. The van der Waals surface area contributed by atoms with E-state index in [2.05, 4.69) is 24.3 Å². The first-order chi connectivity index (χ1) is 13.2. The number of rotatable bonds is 2.